The summed E-state index contributed by atoms with van der Waals surface area (Å²) < 4.78 is 26.1. The van der Waals surface area contributed by atoms with Crippen molar-refractivity contribution in [3.8, 4) is 0 Å². The molecule has 3 heterocycles. The molecule has 2 N–H and O–H groups in total. The zero-order chi connectivity index (χ0) is 22.0. The van der Waals surface area contributed by atoms with Crippen molar-refractivity contribution >= 4 is 28.3 Å². The number of rotatable bonds is 5. The molecule has 1 aliphatic carbocycles. The molecule has 1 saturated heterocycles. The van der Waals surface area contributed by atoms with Gasteiger partial charge in [-0.3, -0.25) is 4.79 Å². The molecule has 1 saturated carbocycles. The molecule has 0 atom stereocenters. The number of hydrogen-bond donors (Lipinski definition) is 2. The normalized spacial score (nSPS) is 20.7. The predicted molar refractivity (Wildman–Crippen MR) is 117 cm³/mol. The smallest absolute Gasteiger partial charge is 0.249 e. The predicted octanol–water partition coefficient (Wildman–Crippen LogP) is 4.17. The average Bonchev–Trinajstić information content (AvgIpc) is 2.73. The maximum Gasteiger partial charge on any atom is 0.249 e. The Kier molecular flexibility index (Phi) is 6.00. The number of carbonyl (C=O) groups excluding carboxylic acids is 1. The summed E-state index contributed by atoms with van der Waals surface area (Å²) in [5.74, 6) is -3.49. The highest BCUT2D eigenvalue weighted by atomic mass is 19.3. The van der Waals surface area contributed by atoms with Crippen LogP contribution in [0.3, 0.4) is 0 Å². The molecule has 4 rings (SSSR count). The fraction of sp³-hybridized carbons (Fsp3) is 0.435. The summed E-state index contributed by atoms with van der Waals surface area (Å²) >= 11 is 0. The lowest BCUT2D eigenvalue weighted by Gasteiger charge is -2.34. The van der Waals surface area contributed by atoms with Crippen LogP contribution in [0.1, 0.15) is 38.8 Å². The second-order valence-corrected chi connectivity index (χ2v) is 8.02. The summed E-state index contributed by atoms with van der Waals surface area (Å²) in [5.41, 5.74) is 3.78. The van der Waals surface area contributed by atoms with Gasteiger partial charge in [0.05, 0.1) is 16.9 Å². The lowest BCUT2D eigenvalue weighted by atomic mass is 9.81. The molecule has 2 aromatic heterocycles. The second kappa shape index (κ2) is 8.70. The molecule has 0 aromatic carbocycles. The van der Waals surface area contributed by atoms with Crippen LogP contribution in [0.2, 0.25) is 0 Å². The number of fused-ring (bicyclic) bond motifs is 1. The van der Waals surface area contributed by atoms with Crippen LogP contribution in [0, 0.1) is 5.92 Å². The minimum atomic E-state index is -2.73. The third kappa shape index (κ3) is 4.58. The number of carbonyl (C=O) groups is 1. The minimum Gasteiger partial charge on any atom is -0.341 e. The molecule has 8 heteroatoms. The summed E-state index contributed by atoms with van der Waals surface area (Å²) in [6, 6.07) is 5.62. The minimum absolute atomic E-state index is 0.327. The molecule has 0 bridgehead atoms. The van der Waals surface area contributed by atoms with Gasteiger partial charge in [0, 0.05) is 61.7 Å². The largest absolute Gasteiger partial charge is 0.341 e. The average molecular weight is 427 g/mol. The van der Waals surface area contributed by atoms with Gasteiger partial charge in [-0.1, -0.05) is 19.1 Å². The molecule has 0 unspecified atom stereocenters. The van der Waals surface area contributed by atoms with Crippen molar-refractivity contribution in [3.63, 3.8) is 0 Å². The Morgan fingerprint density at radius 3 is 2.90 bits per heavy atom. The summed E-state index contributed by atoms with van der Waals surface area (Å²) in [7, 11) is 0. The van der Waals surface area contributed by atoms with E-state index < -0.39 is 30.6 Å². The molecule has 1 amide bonds. The fourth-order valence-corrected chi connectivity index (χ4v) is 4.08. The topological polar surface area (TPSA) is 70.2 Å². The van der Waals surface area contributed by atoms with Gasteiger partial charge in [0.25, 0.3) is 0 Å². The Bertz CT molecular complexity index is 1040. The van der Waals surface area contributed by atoms with Crippen LogP contribution in [0.15, 0.2) is 42.2 Å². The number of amides is 1. The van der Waals surface area contributed by atoms with Crippen LogP contribution in [0.5, 0.6) is 0 Å². The summed E-state index contributed by atoms with van der Waals surface area (Å²) in [6.07, 6.45) is 6.06. The standard InChI is InChI=1S/C23H27F2N5O/c1-3-5-17-14-26-8-9-30(17)20(4-2)18-7-6-15-13-27-21(10-19(15)28-18)29-22(31)16-11-23(24,25)12-16/h4-7,10,13,16,26H,3,8-9,11-12,14H2,1-2H3,(H,27,29,31)/b17-5+,20-4-. The van der Waals surface area contributed by atoms with Gasteiger partial charge in [-0.05, 0) is 25.5 Å². The third-order valence-electron chi connectivity index (χ3n) is 5.72. The molecular formula is C23H27F2N5O. The zero-order valence-electron chi connectivity index (χ0n) is 17.8. The van der Waals surface area contributed by atoms with E-state index in [1.807, 2.05) is 19.1 Å². The van der Waals surface area contributed by atoms with Gasteiger partial charge in [-0.2, -0.15) is 0 Å². The van der Waals surface area contributed by atoms with Crippen LogP contribution < -0.4 is 10.6 Å². The number of pyridine rings is 2. The second-order valence-electron chi connectivity index (χ2n) is 8.02. The van der Waals surface area contributed by atoms with E-state index in [0.717, 1.165) is 42.8 Å². The first-order valence-corrected chi connectivity index (χ1v) is 10.7. The first kappa shape index (κ1) is 21.4. The number of allylic oxidation sites excluding steroid dienone is 2. The van der Waals surface area contributed by atoms with Gasteiger partial charge in [0.15, 0.2) is 0 Å². The Hall–Kier alpha value is -2.87. The Labute approximate surface area is 180 Å². The first-order chi connectivity index (χ1) is 14.9. The molecule has 0 radical (unpaired) electrons. The monoisotopic (exact) mass is 427 g/mol. The number of aromatic nitrogens is 2. The number of anilines is 1. The number of piperazine rings is 1. The Morgan fingerprint density at radius 1 is 1.39 bits per heavy atom. The van der Waals surface area contributed by atoms with E-state index in [1.165, 1.54) is 5.70 Å². The fourth-order valence-electron chi connectivity index (χ4n) is 4.08. The van der Waals surface area contributed by atoms with Crippen LogP contribution >= 0.6 is 0 Å². The highest BCUT2D eigenvalue weighted by Crippen LogP contribution is 2.42. The maximum atomic E-state index is 13.1. The molecule has 164 valence electrons. The van der Waals surface area contributed by atoms with Crippen LogP contribution in [-0.2, 0) is 4.79 Å². The van der Waals surface area contributed by atoms with E-state index in [1.54, 1.807) is 12.3 Å². The molecule has 31 heavy (non-hydrogen) atoms. The lowest BCUT2D eigenvalue weighted by molar-refractivity contribution is -0.145. The molecule has 2 fully saturated rings. The van der Waals surface area contributed by atoms with Gasteiger partial charge < -0.3 is 15.5 Å². The van der Waals surface area contributed by atoms with E-state index in [-0.39, 0.29) is 0 Å². The molecule has 2 aliphatic rings. The molecular weight excluding hydrogens is 400 g/mol. The van der Waals surface area contributed by atoms with Crippen molar-refractivity contribution < 1.29 is 13.6 Å². The van der Waals surface area contributed by atoms with Gasteiger partial charge >= 0.3 is 0 Å². The van der Waals surface area contributed by atoms with Crippen LogP contribution in [-0.4, -0.2) is 46.3 Å². The van der Waals surface area contributed by atoms with Crippen molar-refractivity contribution in [1.29, 1.82) is 0 Å². The zero-order valence-corrected chi connectivity index (χ0v) is 17.8. The summed E-state index contributed by atoms with van der Waals surface area (Å²) in [5, 5.41) is 6.91. The van der Waals surface area contributed by atoms with Crippen LogP contribution in [0.25, 0.3) is 16.6 Å². The van der Waals surface area contributed by atoms with Gasteiger partial charge in [-0.15, -0.1) is 0 Å². The van der Waals surface area contributed by atoms with Crippen molar-refractivity contribution in [2.75, 3.05) is 25.0 Å². The van der Waals surface area contributed by atoms with Gasteiger partial charge in [0.1, 0.15) is 5.82 Å². The highest BCUT2D eigenvalue weighted by Gasteiger charge is 2.48. The van der Waals surface area contributed by atoms with Crippen LogP contribution in [0.4, 0.5) is 14.6 Å². The summed E-state index contributed by atoms with van der Waals surface area (Å²) in [4.78, 5) is 23.6. The SMILES string of the molecule is C/C=C(/c1ccc2cnc(NC(=O)C3CC(F)(F)C3)cc2n1)N1CCNC/C1=C\CC. The summed E-state index contributed by atoms with van der Waals surface area (Å²) in [6.45, 7) is 6.69. The van der Waals surface area contributed by atoms with E-state index in [0.29, 0.717) is 11.3 Å². The van der Waals surface area contributed by atoms with E-state index in [9.17, 15) is 13.6 Å². The Balaban J connectivity index is 1.57. The number of alkyl halides is 2. The van der Waals surface area contributed by atoms with Crippen molar-refractivity contribution in [2.24, 2.45) is 5.92 Å². The van der Waals surface area contributed by atoms with E-state index in [4.69, 9.17) is 4.98 Å². The molecule has 2 aromatic rings. The van der Waals surface area contributed by atoms with Gasteiger partial charge in [-0.25, -0.2) is 18.7 Å². The lowest BCUT2D eigenvalue weighted by Crippen LogP contribution is -2.42. The van der Waals surface area contributed by atoms with Gasteiger partial charge in [0.2, 0.25) is 11.8 Å². The van der Waals surface area contributed by atoms with E-state index >= 15 is 0 Å². The third-order valence-corrected chi connectivity index (χ3v) is 5.72. The number of hydrogen-bond acceptors (Lipinski definition) is 5. The van der Waals surface area contributed by atoms with Crippen molar-refractivity contribution in [1.82, 2.24) is 20.2 Å². The quantitative estimate of drug-likeness (QED) is 0.749. The van der Waals surface area contributed by atoms with Crippen molar-refractivity contribution in [3.05, 3.63) is 47.9 Å². The number of nitrogens with zero attached hydrogens (tertiary/aromatic N) is 3. The van der Waals surface area contributed by atoms with E-state index in [2.05, 4.69) is 39.6 Å². The maximum absolute atomic E-state index is 13.1. The molecule has 1 aliphatic heterocycles. The number of halogens is 2. The first-order valence-electron chi connectivity index (χ1n) is 10.7. The van der Waals surface area contributed by atoms with Crippen molar-refractivity contribution in [2.45, 2.75) is 39.0 Å². The number of nitrogens with one attached hydrogen (secondary N) is 2. The highest BCUT2D eigenvalue weighted by molar-refractivity contribution is 5.94. The Morgan fingerprint density at radius 2 is 2.19 bits per heavy atom. The molecule has 6 nitrogen and oxygen atoms in total. The molecule has 0 spiro atoms.